The number of thiol groups is 1. The smallest absolute Gasteiger partial charge is 0.0706 e. The number of allylic oxidation sites excluding steroid dienone is 1. The SMILES string of the molecule is CCCC=Cc1c(C(C)C)nc(C(C)C)c(CO)c1-c1ccc(S)cc1. The second-order valence-corrected chi connectivity index (χ2v) is 7.87. The van der Waals surface area contributed by atoms with Crippen molar-refractivity contribution < 1.29 is 5.11 Å². The molecule has 0 aliphatic heterocycles. The maximum absolute atomic E-state index is 10.2. The van der Waals surface area contributed by atoms with Gasteiger partial charge < -0.3 is 5.11 Å². The molecular weight excluding hydrogens is 338 g/mol. The lowest BCUT2D eigenvalue weighted by atomic mass is 9.87. The number of hydrogen-bond acceptors (Lipinski definition) is 3. The van der Waals surface area contributed by atoms with Gasteiger partial charge in [0, 0.05) is 21.7 Å². The Morgan fingerprint density at radius 2 is 1.65 bits per heavy atom. The molecule has 3 heteroatoms. The average Bonchev–Trinajstić information content (AvgIpc) is 2.61. The Bertz CT molecular complexity index is 761. The van der Waals surface area contributed by atoms with E-state index in [4.69, 9.17) is 4.98 Å². The Kier molecular flexibility index (Phi) is 7.48. The minimum atomic E-state index is -0.00847. The molecule has 0 saturated heterocycles. The Balaban J connectivity index is 2.86. The molecule has 0 unspecified atom stereocenters. The van der Waals surface area contributed by atoms with Crippen molar-refractivity contribution in [2.24, 2.45) is 0 Å². The van der Waals surface area contributed by atoms with E-state index in [0.717, 1.165) is 51.4 Å². The van der Waals surface area contributed by atoms with Gasteiger partial charge in [-0.1, -0.05) is 65.3 Å². The predicted molar refractivity (Wildman–Crippen MR) is 115 cm³/mol. The lowest BCUT2D eigenvalue weighted by Crippen LogP contribution is -2.10. The number of benzene rings is 1. The van der Waals surface area contributed by atoms with E-state index in [-0.39, 0.29) is 12.5 Å². The number of aliphatic hydroxyl groups is 1. The summed E-state index contributed by atoms with van der Waals surface area (Å²) in [6.45, 7) is 10.8. The summed E-state index contributed by atoms with van der Waals surface area (Å²) in [5.41, 5.74) is 6.38. The number of rotatable bonds is 7. The third kappa shape index (κ3) is 4.57. The summed E-state index contributed by atoms with van der Waals surface area (Å²) in [5, 5.41) is 10.2. The average molecular weight is 370 g/mol. The standard InChI is InChI=1S/C23H31NOS/c1-6-7-8-9-19-21(17-10-12-18(26)13-11-17)20(14-25)23(16(4)5)24-22(19)15(2)3/h8-13,15-16,25-26H,6-7,14H2,1-5H3. The van der Waals surface area contributed by atoms with E-state index in [2.05, 4.69) is 71.5 Å². The summed E-state index contributed by atoms with van der Waals surface area (Å²) in [4.78, 5) is 5.93. The summed E-state index contributed by atoms with van der Waals surface area (Å²) in [6, 6.07) is 8.18. The lowest BCUT2D eigenvalue weighted by molar-refractivity contribution is 0.280. The molecule has 0 aliphatic rings. The molecule has 0 saturated carbocycles. The van der Waals surface area contributed by atoms with Crippen molar-refractivity contribution in [3.8, 4) is 11.1 Å². The number of nitrogens with zero attached hydrogens (tertiary/aromatic N) is 1. The second-order valence-electron chi connectivity index (χ2n) is 7.35. The van der Waals surface area contributed by atoms with Crippen LogP contribution in [0.5, 0.6) is 0 Å². The molecule has 2 nitrogen and oxygen atoms in total. The van der Waals surface area contributed by atoms with E-state index in [0.29, 0.717) is 5.92 Å². The molecule has 140 valence electrons. The number of unbranched alkanes of at least 4 members (excludes halogenated alkanes) is 1. The predicted octanol–water partition coefficient (Wildman–Crippen LogP) is 6.59. The highest BCUT2D eigenvalue weighted by molar-refractivity contribution is 7.80. The molecule has 0 atom stereocenters. The Morgan fingerprint density at radius 1 is 1.04 bits per heavy atom. The molecule has 1 aromatic heterocycles. The van der Waals surface area contributed by atoms with Crippen LogP contribution in [0.25, 0.3) is 17.2 Å². The molecule has 0 radical (unpaired) electrons. The summed E-state index contributed by atoms with van der Waals surface area (Å²) >= 11 is 4.42. The number of aromatic nitrogens is 1. The van der Waals surface area contributed by atoms with Crippen molar-refractivity contribution in [2.75, 3.05) is 0 Å². The summed E-state index contributed by atoms with van der Waals surface area (Å²) in [7, 11) is 0. The first-order valence-electron chi connectivity index (χ1n) is 9.54. The van der Waals surface area contributed by atoms with Crippen LogP contribution in [0.4, 0.5) is 0 Å². The molecule has 26 heavy (non-hydrogen) atoms. The minimum absolute atomic E-state index is 0.00847. The molecule has 0 fully saturated rings. The zero-order chi connectivity index (χ0) is 19.3. The van der Waals surface area contributed by atoms with Gasteiger partial charge in [0.1, 0.15) is 0 Å². The zero-order valence-electron chi connectivity index (χ0n) is 16.6. The van der Waals surface area contributed by atoms with Crippen LogP contribution in [0.2, 0.25) is 0 Å². The third-order valence-electron chi connectivity index (χ3n) is 4.54. The van der Waals surface area contributed by atoms with Crippen LogP contribution in [0, 0.1) is 0 Å². The van der Waals surface area contributed by atoms with Gasteiger partial charge in [-0.3, -0.25) is 4.98 Å². The molecule has 2 aromatic rings. The normalized spacial score (nSPS) is 11.9. The van der Waals surface area contributed by atoms with Crippen molar-refractivity contribution in [2.45, 2.75) is 70.8 Å². The first kappa shape index (κ1) is 20.7. The van der Waals surface area contributed by atoms with Crippen LogP contribution in [0.3, 0.4) is 0 Å². The number of hydrogen-bond donors (Lipinski definition) is 2. The van der Waals surface area contributed by atoms with Crippen molar-refractivity contribution in [3.63, 3.8) is 0 Å². The van der Waals surface area contributed by atoms with E-state index >= 15 is 0 Å². The maximum atomic E-state index is 10.2. The van der Waals surface area contributed by atoms with Gasteiger partial charge in [0.25, 0.3) is 0 Å². The molecule has 0 spiro atoms. The molecule has 1 N–H and O–H groups in total. The zero-order valence-corrected chi connectivity index (χ0v) is 17.5. The van der Waals surface area contributed by atoms with Crippen LogP contribution in [-0.4, -0.2) is 10.1 Å². The third-order valence-corrected chi connectivity index (χ3v) is 4.84. The van der Waals surface area contributed by atoms with E-state index in [1.807, 2.05) is 12.1 Å². The quantitative estimate of drug-likeness (QED) is 0.540. The van der Waals surface area contributed by atoms with Crippen LogP contribution >= 0.6 is 12.6 Å². The van der Waals surface area contributed by atoms with Gasteiger partial charge in [-0.15, -0.1) is 12.6 Å². The van der Waals surface area contributed by atoms with Gasteiger partial charge in [0.2, 0.25) is 0 Å². The molecule has 2 rings (SSSR count). The molecular formula is C23H31NOS. The molecule has 1 heterocycles. The fraction of sp³-hybridized carbons (Fsp3) is 0.435. The molecule has 0 bridgehead atoms. The van der Waals surface area contributed by atoms with Crippen molar-refractivity contribution >= 4 is 18.7 Å². The van der Waals surface area contributed by atoms with Crippen LogP contribution in [0.1, 0.15) is 81.8 Å². The Labute approximate surface area is 163 Å². The van der Waals surface area contributed by atoms with Gasteiger partial charge >= 0.3 is 0 Å². The molecule has 0 aliphatic carbocycles. The highest BCUT2D eigenvalue weighted by Crippen LogP contribution is 2.37. The van der Waals surface area contributed by atoms with E-state index in [9.17, 15) is 5.11 Å². The monoisotopic (exact) mass is 369 g/mol. The summed E-state index contributed by atoms with van der Waals surface area (Å²) < 4.78 is 0. The lowest BCUT2D eigenvalue weighted by Gasteiger charge is -2.23. The van der Waals surface area contributed by atoms with E-state index in [1.165, 1.54) is 0 Å². The fourth-order valence-corrected chi connectivity index (χ4v) is 3.40. The van der Waals surface area contributed by atoms with E-state index in [1.54, 1.807) is 0 Å². The maximum Gasteiger partial charge on any atom is 0.0706 e. The van der Waals surface area contributed by atoms with Crippen molar-refractivity contribution in [1.29, 1.82) is 0 Å². The van der Waals surface area contributed by atoms with Gasteiger partial charge in [0.15, 0.2) is 0 Å². The largest absolute Gasteiger partial charge is 0.392 e. The highest BCUT2D eigenvalue weighted by atomic mass is 32.1. The van der Waals surface area contributed by atoms with Gasteiger partial charge in [-0.25, -0.2) is 0 Å². The second kappa shape index (κ2) is 9.38. The Morgan fingerprint density at radius 3 is 2.15 bits per heavy atom. The van der Waals surface area contributed by atoms with Crippen LogP contribution in [0.15, 0.2) is 35.2 Å². The topological polar surface area (TPSA) is 33.1 Å². The fourth-order valence-electron chi connectivity index (χ4n) is 3.25. The summed E-state index contributed by atoms with van der Waals surface area (Å²) in [5.74, 6) is 0.565. The van der Waals surface area contributed by atoms with Crippen molar-refractivity contribution in [3.05, 3.63) is 52.9 Å². The van der Waals surface area contributed by atoms with Gasteiger partial charge in [0.05, 0.1) is 12.3 Å². The van der Waals surface area contributed by atoms with E-state index < -0.39 is 0 Å². The van der Waals surface area contributed by atoms with Gasteiger partial charge in [-0.2, -0.15) is 0 Å². The van der Waals surface area contributed by atoms with Crippen molar-refractivity contribution in [1.82, 2.24) is 4.98 Å². The van der Waals surface area contributed by atoms with Gasteiger partial charge in [-0.05, 0) is 41.5 Å². The summed E-state index contributed by atoms with van der Waals surface area (Å²) in [6.07, 6.45) is 6.56. The Hall–Kier alpha value is -1.58. The first-order chi connectivity index (χ1) is 12.4. The minimum Gasteiger partial charge on any atom is -0.392 e. The first-order valence-corrected chi connectivity index (χ1v) is 9.98. The molecule has 1 aromatic carbocycles. The van der Waals surface area contributed by atoms with Crippen LogP contribution in [-0.2, 0) is 6.61 Å². The molecule has 0 amide bonds. The number of aliphatic hydroxyl groups excluding tert-OH is 1. The van der Waals surface area contributed by atoms with Crippen LogP contribution < -0.4 is 0 Å². The number of pyridine rings is 1. The highest BCUT2D eigenvalue weighted by Gasteiger charge is 2.22.